The van der Waals surface area contributed by atoms with Crippen molar-refractivity contribution in [3.05, 3.63) is 84.9 Å². The summed E-state index contributed by atoms with van der Waals surface area (Å²) < 4.78 is 113. The van der Waals surface area contributed by atoms with Crippen LogP contribution in [0.2, 0.25) is 0 Å². The van der Waals surface area contributed by atoms with Crippen LogP contribution >= 0.6 is 0 Å². The molecule has 0 saturated heterocycles. The minimum Gasteiger partial charge on any atom is -0.497 e. The summed E-state index contributed by atoms with van der Waals surface area (Å²) in [5.41, 5.74) is 0. The van der Waals surface area contributed by atoms with Gasteiger partial charge in [-0.1, -0.05) is 36.4 Å². The average molecular weight is 544 g/mol. The van der Waals surface area contributed by atoms with E-state index in [0.717, 1.165) is 5.75 Å². The van der Waals surface area contributed by atoms with Gasteiger partial charge in [-0.25, -0.2) is 0 Å². The first kappa shape index (κ1) is 28.5. The van der Waals surface area contributed by atoms with Crippen LogP contribution in [0.3, 0.4) is 0 Å². The number of halogens is 7. The molecule has 0 fully saturated rings. The van der Waals surface area contributed by atoms with Gasteiger partial charge in [0.2, 0.25) is 0 Å². The molecule has 0 saturated carbocycles. The summed E-state index contributed by atoms with van der Waals surface area (Å²) in [4.78, 5) is 3.95. The molecule has 0 heterocycles. The van der Waals surface area contributed by atoms with Crippen molar-refractivity contribution in [2.24, 2.45) is 0 Å². The summed E-state index contributed by atoms with van der Waals surface area (Å²) in [6, 6.07) is 29.7. The van der Waals surface area contributed by atoms with Gasteiger partial charge in [0.05, 0.1) is 18.0 Å². The zero-order chi connectivity index (χ0) is 26.5. The maximum atomic E-state index is 11.9. The number of hydrogen-bond acceptors (Lipinski definition) is 3. The van der Waals surface area contributed by atoms with Gasteiger partial charge in [-0.05, 0) is 48.5 Å². The predicted octanol–water partition coefficient (Wildman–Crippen LogP) is 6.46. The molecule has 0 aliphatic heterocycles. The lowest BCUT2D eigenvalue weighted by Crippen LogP contribution is -2.55. The van der Waals surface area contributed by atoms with Gasteiger partial charge in [-0.2, -0.15) is 39.2 Å². The van der Waals surface area contributed by atoms with Crippen LogP contribution < -0.4 is 4.74 Å². The van der Waals surface area contributed by atoms with Crippen LogP contribution in [-0.4, -0.2) is 37.4 Å². The molecule has 3 aromatic rings. The van der Waals surface area contributed by atoms with Gasteiger partial charge in [0.25, 0.3) is 0 Å². The van der Waals surface area contributed by atoms with Crippen LogP contribution in [0.5, 0.6) is 5.75 Å². The monoisotopic (exact) mass is 543 g/mol. The zero-order valence-corrected chi connectivity index (χ0v) is 19.4. The largest absolute Gasteiger partial charge is 0.497 e. The predicted molar refractivity (Wildman–Crippen MR) is 116 cm³/mol. The minimum absolute atomic E-state index is 0.0804. The Labute approximate surface area is 199 Å². The number of methoxy groups -OCH3 is 1. The Hall–Kier alpha value is -2.77. The van der Waals surface area contributed by atoms with Gasteiger partial charge < -0.3 is 4.74 Å². The summed E-state index contributed by atoms with van der Waals surface area (Å²) in [5.74, 6) is -5.96. The van der Waals surface area contributed by atoms with E-state index in [-0.39, 0.29) is 10.9 Å². The van der Waals surface area contributed by atoms with E-state index in [1.54, 1.807) is 7.11 Å². The molecular weight excluding hydrogens is 525 g/mol. The first-order valence-corrected chi connectivity index (χ1v) is 12.1. The number of benzene rings is 3. The molecule has 0 aliphatic carbocycles. The SMILES string of the molecule is COc1ccc([S+](c2ccccc2)c2ccccc2)cc1.O=S(=O)(O)C(F)(F)C(F)(F)C(F)(F)F. The van der Waals surface area contributed by atoms with Crippen molar-refractivity contribution in [2.45, 2.75) is 32.0 Å². The third-order valence-electron chi connectivity index (χ3n) is 4.30. The van der Waals surface area contributed by atoms with Crippen LogP contribution in [0.1, 0.15) is 0 Å². The maximum Gasteiger partial charge on any atom is 0.461 e. The molecule has 4 nitrogen and oxygen atoms in total. The van der Waals surface area contributed by atoms with Crippen molar-refractivity contribution in [1.82, 2.24) is 0 Å². The normalized spacial score (nSPS) is 12.6. The van der Waals surface area contributed by atoms with E-state index in [4.69, 9.17) is 9.29 Å². The Kier molecular flexibility index (Phi) is 8.84. The smallest absolute Gasteiger partial charge is 0.461 e. The van der Waals surface area contributed by atoms with Crippen molar-refractivity contribution < 1.29 is 48.4 Å². The molecule has 35 heavy (non-hydrogen) atoms. The molecule has 1 N–H and O–H groups in total. The molecule has 0 atom stereocenters. The average Bonchev–Trinajstić information content (AvgIpc) is 2.80. The highest BCUT2D eigenvalue weighted by molar-refractivity contribution is 7.97. The first-order chi connectivity index (χ1) is 16.1. The van der Waals surface area contributed by atoms with Gasteiger partial charge in [-0.15, -0.1) is 0 Å². The van der Waals surface area contributed by atoms with Crippen LogP contribution in [0.25, 0.3) is 0 Å². The Balaban J connectivity index is 0.000000271. The highest BCUT2D eigenvalue weighted by Gasteiger charge is 2.78. The summed E-state index contributed by atoms with van der Waals surface area (Å²) in [5, 5.41) is -6.61. The number of alkyl halides is 7. The second-order valence-corrected chi connectivity index (χ2v) is 10.2. The lowest BCUT2D eigenvalue weighted by molar-refractivity contribution is -0.333. The Morgan fingerprint density at radius 3 is 1.34 bits per heavy atom. The van der Waals surface area contributed by atoms with Crippen molar-refractivity contribution in [1.29, 1.82) is 0 Å². The molecule has 13 heteroatoms. The van der Waals surface area contributed by atoms with Crippen LogP contribution in [-0.2, 0) is 21.0 Å². The van der Waals surface area contributed by atoms with Gasteiger partial charge in [0.1, 0.15) is 5.75 Å². The zero-order valence-electron chi connectivity index (χ0n) is 17.7. The maximum absolute atomic E-state index is 11.9. The number of ether oxygens (including phenoxy) is 1. The molecule has 0 radical (unpaired) electrons. The molecule has 3 aromatic carbocycles. The highest BCUT2D eigenvalue weighted by atomic mass is 32.2. The standard InChI is InChI=1S/C19H17OS.C3HF7O3S/c1-20-16-12-14-19(15-13-16)21(17-8-4-2-5-9-17)18-10-6-3-7-11-18;4-1(5,2(6,7)8)3(9,10)14(11,12)13/h2-15H,1H3;(H,11,12,13)/q+1;. The molecule has 0 aliphatic rings. The lowest BCUT2D eigenvalue weighted by atomic mass is 10.3. The van der Waals surface area contributed by atoms with E-state index in [0.29, 0.717) is 0 Å². The van der Waals surface area contributed by atoms with Crippen LogP contribution in [0.4, 0.5) is 30.7 Å². The fourth-order valence-electron chi connectivity index (χ4n) is 2.56. The van der Waals surface area contributed by atoms with E-state index in [1.807, 2.05) is 12.1 Å². The molecule has 3 rings (SSSR count). The van der Waals surface area contributed by atoms with E-state index < -0.39 is 27.5 Å². The number of rotatable bonds is 6. The van der Waals surface area contributed by atoms with E-state index >= 15 is 0 Å². The molecule has 0 amide bonds. The molecular formula is C22H18F7O4S2+. The topological polar surface area (TPSA) is 63.6 Å². The molecule has 190 valence electrons. The number of hydrogen-bond donors (Lipinski definition) is 1. The van der Waals surface area contributed by atoms with E-state index in [9.17, 15) is 39.2 Å². The van der Waals surface area contributed by atoms with Crippen molar-refractivity contribution in [2.75, 3.05) is 7.11 Å². The first-order valence-electron chi connectivity index (χ1n) is 9.41. The van der Waals surface area contributed by atoms with Gasteiger partial charge in [0, 0.05) is 0 Å². The Bertz CT molecular complexity index is 1150. The van der Waals surface area contributed by atoms with E-state index in [1.165, 1.54) is 14.7 Å². The van der Waals surface area contributed by atoms with Gasteiger partial charge in [-0.3, -0.25) is 4.55 Å². The van der Waals surface area contributed by atoms with Crippen LogP contribution in [0, 0.1) is 0 Å². The molecule has 0 spiro atoms. The fourth-order valence-corrected chi connectivity index (χ4v) is 5.08. The summed E-state index contributed by atoms with van der Waals surface area (Å²) in [7, 11) is -5.23. The van der Waals surface area contributed by atoms with Crippen LogP contribution in [0.15, 0.2) is 99.6 Å². The van der Waals surface area contributed by atoms with Crippen molar-refractivity contribution >= 4 is 21.0 Å². The van der Waals surface area contributed by atoms with Crippen molar-refractivity contribution in [3.63, 3.8) is 0 Å². The second kappa shape index (κ2) is 10.9. The van der Waals surface area contributed by atoms with Gasteiger partial charge >= 0.3 is 27.5 Å². The lowest BCUT2D eigenvalue weighted by Gasteiger charge is -2.25. The third-order valence-corrected chi connectivity index (χ3v) is 7.43. The molecule has 0 unspecified atom stereocenters. The van der Waals surface area contributed by atoms with Crippen molar-refractivity contribution in [3.8, 4) is 5.75 Å². The molecule has 0 bridgehead atoms. The van der Waals surface area contributed by atoms with E-state index in [2.05, 4.69) is 72.8 Å². The summed E-state index contributed by atoms with van der Waals surface area (Å²) in [6.07, 6.45) is -6.79. The fraction of sp³-hybridized carbons (Fsp3) is 0.182. The van der Waals surface area contributed by atoms with Gasteiger partial charge in [0.15, 0.2) is 14.7 Å². The Morgan fingerprint density at radius 2 is 1.06 bits per heavy atom. The second-order valence-electron chi connectivity index (χ2n) is 6.67. The quantitative estimate of drug-likeness (QED) is 0.220. The third kappa shape index (κ3) is 6.47. The highest BCUT2D eigenvalue weighted by Crippen LogP contribution is 2.48. The summed E-state index contributed by atoms with van der Waals surface area (Å²) in [6.45, 7) is 0. The Morgan fingerprint density at radius 1 is 0.686 bits per heavy atom. The molecule has 0 aromatic heterocycles. The minimum atomic E-state index is -6.85. The summed E-state index contributed by atoms with van der Waals surface area (Å²) >= 11 is 0.